The van der Waals surface area contributed by atoms with Crippen LogP contribution in [0.5, 0.6) is 0 Å². The van der Waals surface area contributed by atoms with Gasteiger partial charge in [-0.25, -0.2) is 0 Å². The largest absolute Gasteiger partial charge is 4.00 e. The average Bonchev–Trinajstić information content (AvgIpc) is 1.81. The SMILES string of the molecule is O=P([O-])([O-])CCBr.O=P([O-])([O-])CCBr.[Zr+4]. The molecule has 88 valence electrons. The number of hydrogen-bond donors (Lipinski definition) is 0. The molecule has 0 rings (SSSR count). The minimum atomic E-state index is -4.21. The quantitative estimate of drug-likeness (QED) is 0.371. The van der Waals surface area contributed by atoms with Crippen molar-refractivity contribution in [1.82, 2.24) is 0 Å². The van der Waals surface area contributed by atoms with Gasteiger partial charge < -0.3 is 28.7 Å². The van der Waals surface area contributed by atoms with Crippen LogP contribution in [0.3, 0.4) is 0 Å². The molecule has 0 saturated carbocycles. The number of alkyl halides is 2. The summed E-state index contributed by atoms with van der Waals surface area (Å²) < 4.78 is 19.3. The molecule has 0 fully saturated rings. The van der Waals surface area contributed by atoms with Gasteiger partial charge in [-0.2, -0.15) is 0 Å². The standard InChI is InChI=1S/2C2H6BrO3P.Zr/c2*3-1-2-7(4,5)6;/h2*1-2H2,(H2,4,5,6);/q;;+4/p-4. The van der Waals surface area contributed by atoms with E-state index < -0.39 is 15.2 Å². The van der Waals surface area contributed by atoms with E-state index >= 15 is 0 Å². The number of halogens is 2. The van der Waals surface area contributed by atoms with E-state index in [2.05, 4.69) is 31.9 Å². The maximum absolute atomic E-state index is 9.67. The third-order valence-electron chi connectivity index (χ3n) is 0.717. The minimum absolute atomic E-state index is 0. The molecular weight excluding hydrogens is 457 g/mol. The molecule has 0 aromatic carbocycles. The van der Waals surface area contributed by atoms with Crippen LogP contribution in [0.2, 0.25) is 0 Å². The Kier molecular flexibility index (Phi) is 16.7. The summed E-state index contributed by atoms with van der Waals surface area (Å²) in [6, 6.07) is 0. The fraction of sp³-hybridized carbons (Fsp3) is 1.00. The zero-order chi connectivity index (χ0) is 11.8. The zero-order valence-electron chi connectivity index (χ0n) is 7.43. The van der Waals surface area contributed by atoms with E-state index in [0.29, 0.717) is 0 Å². The van der Waals surface area contributed by atoms with Crippen LogP contribution in [-0.4, -0.2) is 23.0 Å². The molecule has 0 unspecified atom stereocenters. The molecule has 0 amide bonds. The summed E-state index contributed by atoms with van der Waals surface area (Å²) in [6.07, 6.45) is -0.597. The topological polar surface area (TPSA) is 126 Å². The van der Waals surface area contributed by atoms with Crippen molar-refractivity contribution in [1.29, 1.82) is 0 Å². The minimum Gasteiger partial charge on any atom is -0.811 e. The number of rotatable bonds is 4. The van der Waals surface area contributed by atoms with Crippen LogP contribution < -0.4 is 19.6 Å². The molecule has 0 heterocycles. The van der Waals surface area contributed by atoms with Crippen LogP contribution >= 0.6 is 47.1 Å². The second-order valence-corrected chi connectivity index (χ2v) is 6.97. The molecule has 0 radical (unpaired) electrons. The molecule has 0 atom stereocenters. The van der Waals surface area contributed by atoms with Gasteiger partial charge >= 0.3 is 26.2 Å². The van der Waals surface area contributed by atoms with Crippen molar-refractivity contribution in [2.45, 2.75) is 0 Å². The van der Waals surface area contributed by atoms with E-state index in [1.165, 1.54) is 0 Å². The van der Waals surface area contributed by atoms with Crippen LogP contribution in [0.1, 0.15) is 0 Å². The molecule has 0 spiro atoms. The molecule has 0 aliphatic heterocycles. The molecule has 0 saturated heterocycles. The van der Waals surface area contributed by atoms with E-state index in [9.17, 15) is 28.7 Å². The number of hydrogen-bond acceptors (Lipinski definition) is 6. The summed E-state index contributed by atoms with van der Waals surface area (Å²) >= 11 is 5.63. The molecular formula is C4H8Br2O6P2Zr. The maximum atomic E-state index is 9.67. The average molecular weight is 465 g/mol. The first-order chi connectivity index (χ1) is 6.12. The summed E-state index contributed by atoms with van der Waals surface area (Å²) in [7, 11) is -8.43. The summed E-state index contributed by atoms with van der Waals surface area (Å²) in [5.74, 6) is 0. The van der Waals surface area contributed by atoms with E-state index in [-0.39, 0.29) is 49.2 Å². The van der Waals surface area contributed by atoms with Gasteiger partial charge in [0, 0.05) is 10.7 Å². The fourth-order valence-electron chi connectivity index (χ4n) is 0.207. The summed E-state index contributed by atoms with van der Waals surface area (Å²) in [6.45, 7) is 0. The molecule has 0 aromatic heterocycles. The van der Waals surface area contributed by atoms with E-state index in [1.807, 2.05) is 0 Å². The van der Waals surface area contributed by atoms with Gasteiger partial charge in [-0.1, -0.05) is 47.1 Å². The van der Waals surface area contributed by atoms with Crippen molar-refractivity contribution in [3.63, 3.8) is 0 Å². The third-order valence-corrected chi connectivity index (χ3v) is 4.28. The van der Waals surface area contributed by atoms with Gasteiger partial charge in [-0.15, -0.1) is 0 Å². The van der Waals surface area contributed by atoms with Gasteiger partial charge in [-0.3, -0.25) is 0 Å². The smallest absolute Gasteiger partial charge is 0.811 e. The van der Waals surface area contributed by atoms with Crippen molar-refractivity contribution in [2.75, 3.05) is 23.0 Å². The van der Waals surface area contributed by atoms with Gasteiger partial charge in [0.25, 0.3) is 0 Å². The van der Waals surface area contributed by atoms with E-state index in [1.54, 1.807) is 0 Å². The zero-order valence-corrected chi connectivity index (χ0v) is 14.8. The van der Waals surface area contributed by atoms with Gasteiger partial charge in [0.2, 0.25) is 0 Å². The normalized spacial score (nSPS) is 11.1. The first kappa shape index (κ1) is 22.3. The molecule has 11 heteroatoms. The summed E-state index contributed by atoms with van der Waals surface area (Å²) in [5.41, 5.74) is 0. The van der Waals surface area contributed by atoms with E-state index in [0.717, 1.165) is 0 Å². The Labute approximate surface area is 124 Å². The third kappa shape index (κ3) is 31.4. The molecule has 0 aliphatic carbocycles. The predicted molar refractivity (Wildman–Crippen MR) is 52.5 cm³/mol. The van der Waals surface area contributed by atoms with Gasteiger partial charge in [0.05, 0.1) is 0 Å². The Balaban J connectivity index is -0.000000180. The molecule has 15 heavy (non-hydrogen) atoms. The second kappa shape index (κ2) is 11.2. The van der Waals surface area contributed by atoms with Crippen molar-refractivity contribution < 1.29 is 54.9 Å². The Morgan fingerprint density at radius 1 is 0.800 bits per heavy atom. The van der Waals surface area contributed by atoms with Gasteiger partial charge in [-0.05, 0) is 12.3 Å². The van der Waals surface area contributed by atoms with Crippen molar-refractivity contribution in [3.8, 4) is 0 Å². The van der Waals surface area contributed by atoms with Crippen LogP contribution in [0.25, 0.3) is 0 Å². The van der Waals surface area contributed by atoms with Crippen molar-refractivity contribution in [2.24, 2.45) is 0 Å². The Morgan fingerprint density at radius 3 is 1.00 bits per heavy atom. The first-order valence-electron chi connectivity index (χ1n) is 3.26. The van der Waals surface area contributed by atoms with Crippen molar-refractivity contribution in [3.05, 3.63) is 0 Å². The van der Waals surface area contributed by atoms with Gasteiger partial charge in [0.1, 0.15) is 0 Å². The first-order valence-corrected chi connectivity index (χ1v) is 8.96. The van der Waals surface area contributed by atoms with Crippen LogP contribution in [0.4, 0.5) is 0 Å². The summed E-state index contributed by atoms with van der Waals surface area (Å²) in [5, 5.41) is 0.467. The molecule has 0 N–H and O–H groups in total. The Morgan fingerprint density at radius 2 is 1.00 bits per heavy atom. The van der Waals surface area contributed by atoms with Crippen molar-refractivity contribution >= 4 is 47.1 Å². The summed E-state index contributed by atoms with van der Waals surface area (Å²) in [4.78, 5) is 38.7. The maximum Gasteiger partial charge on any atom is 4.00 e. The molecule has 0 bridgehead atoms. The molecule has 0 aromatic rings. The predicted octanol–water partition coefficient (Wildman–Crippen LogP) is -1.41. The Bertz CT molecular complexity index is 203. The fourth-order valence-corrected chi connectivity index (χ4v) is 3.23. The van der Waals surface area contributed by atoms with Crippen LogP contribution in [0, 0.1) is 0 Å². The van der Waals surface area contributed by atoms with E-state index in [4.69, 9.17) is 0 Å². The van der Waals surface area contributed by atoms with Gasteiger partial charge in [0.15, 0.2) is 0 Å². The van der Waals surface area contributed by atoms with Crippen LogP contribution in [0.15, 0.2) is 0 Å². The molecule has 6 nitrogen and oxygen atoms in total. The van der Waals surface area contributed by atoms with Crippen LogP contribution in [-0.2, 0) is 35.3 Å². The second-order valence-electron chi connectivity index (χ2n) is 2.05. The molecule has 0 aliphatic rings. The Hall–Kier alpha value is 2.14. The monoisotopic (exact) mass is 462 g/mol.